The van der Waals surface area contributed by atoms with Crippen LogP contribution in [0.3, 0.4) is 0 Å². The lowest BCUT2D eigenvalue weighted by Gasteiger charge is -2.07. The van der Waals surface area contributed by atoms with Crippen LogP contribution in [0.25, 0.3) is 21.8 Å². The number of aromatic nitrogens is 2. The molecule has 9 heteroatoms. The van der Waals surface area contributed by atoms with Crippen molar-refractivity contribution in [1.29, 1.82) is 0 Å². The van der Waals surface area contributed by atoms with Gasteiger partial charge in [0.1, 0.15) is 11.5 Å². The second-order valence-corrected chi connectivity index (χ2v) is 5.12. The maximum absolute atomic E-state index is 11.6. The number of nitrogens with one attached hydrogen (secondary N) is 2. The first-order valence-electron chi connectivity index (χ1n) is 7.02. The molecule has 0 unspecified atom stereocenters. The van der Waals surface area contributed by atoms with E-state index in [1.54, 1.807) is 0 Å². The predicted molar refractivity (Wildman–Crippen MR) is 86.3 cm³/mol. The third kappa shape index (κ3) is 2.63. The normalized spacial score (nSPS) is 11.0. The fraction of sp³-hybridized carbons (Fsp3) is 0. The van der Waals surface area contributed by atoms with Crippen LogP contribution in [0.1, 0.15) is 0 Å². The zero-order valence-corrected chi connectivity index (χ0v) is 12.3. The van der Waals surface area contributed by atoms with Gasteiger partial charge in [0.25, 0.3) is 0 Å². The van der Waals surface area contributed by atoms with Crippen molar-refractivity contribution in [3.63, 3.8) is 0 Å². The molecule has 2 heterocycles. The minimum atomic E-state index is -0.871. The quantitative estimate of drug-likeness (QED) is 0.557. The van der Waals surface area contributed by atoms with Crippen LogP contribution in [0.4, 0.5) is 0 Å². The van der Waals surface area contributed by atoms with E-state index in [1.165, 1.54) is 36.4 Å². The van der Waals surface area contributed by atoms with E-state index in [0.29, 0.717) is 11.5 Å². The van der Waals surface area contributed by atoms with E-state index in [1.807, 2.05) is 0 Å². The predicted octanol–water partition coefficient (Wildman–Crippen LogP) is 1.07. The molecular weight excluding hydrogens is 332 g/mol. The first-order chi connectivity index (χ1) is 12.0. The average molecular weight is 340 g/mol. The lowest BCUT2D eigenvalue weighted by atomic mass is 10.2. The number of aromatic amines is 2. The number of hydrogen-bond donors (Lipinski definition) is 2. The summed E-state index contributed by atoms with van der Waals surface area (Å²) in [6, 6.07) is 8.85. The molecule has 2 aromatic heterocycles. The van der Waals surface area contributed by atoms with Gasteiger partial charge in [-0.05, 0) is 24.3 Å². The van der Waals surface area contributed by atoms with Crippen molar-refractivity contribution in [3.8, 4) is 11.5 Å². The molecule has 0 aliphatic carbocycles. The van der Waals surface area contributed by atoms with E-state index >= 15 is 0 Å². The van der Waals surface area contributed by atoms with Crippen LogP contribution in [0.2, 0.25) is 0 Å². The summed E-state index contributed by atoms with van der Waals surface area (Å²) in [5.41, 5.74) is -0.984. The molecule has 124 valence electrons. The van der Waals surface area contributed by atoms with Crippen molar-refractivity contribution in [1.82, 2.24) is 9.97 Å². The van der Waals surface area contributed by atoms with E-state index in [4.69, 9.17) is 4.74 Å². The van der Waals surface area contributed by atoms with Gasteiger partial charge < -0.3 is 13.6 Å². The second-order valence-electron chi connectivity index (χ2n) is 5.12. The molecule has 0 aliphatic rings. The smallest absolute Gasteiger partial charge is 0.419 e. The molecule has 4 aromatic rings. The van der Waals surface area contributed by atoms with Gasteiger partial charge in [-0.2, -0.15) is 0 Å². The van der Waals surface area contributed by atoms with Gasteiger partial charge in [-0.3, -0.25) is 9.97 Å². The monoisotopic (exact) mass is 340 g/mol. The van der Waals surface area contributed by atoms with Crippen molar-refractivity contribution in [2.45, 2.75) is 0 Å². The highest BCUT2D eigenvalue weighted by molar-refractivity contribution is 5.79. The van der Waals surface area contributed by atoms with Gasteiger partial charge in [0.15, 0.2) is 0 Å². The third-order valence-electron chi connectivity index (χ3n) is 3.50. The third-order valence-corrected chi connectivity index (χ3v) is 3.50. The van der Waals surface area contributed by atoms with E-state index in [2.05, 4.69) is 18.8 Å². The molecule has 4 rings (SSSR count). The maximum atomic E-state index is 11.6. The summed E-state index contributed by atoms with van der Waals surface area (Å²) in [7, 11) is 0. The SMILES string of the molecule is O=c1[nH]c2cc(Oc3ccc4c(=O)oc(=O)[nH]c4c3)ccc2c(=O)o1. The molecule has 2 aromatic carbocycles. The minimum absolute atomic E-state index is 0.201. The van der Waals surface area contributed by atoms with E-state index < -0.39 is 22.8 Å². The summed E-state index contributed by atoms with van der Waals surface area (Å²) < 4.78 is 14.5. The van der Waals surface area contributed by atoms with Crippen LogP contribution < -0.4 is 27.5 Å². The molecular formula is C16H8N2O7. The van der Waals surface area contributed by atoms with Crippen LogP contribution in [-0.4, -0.2) is 9.97 Å². The zero-order chi connectivity index (χ0) is 17.6. The Hall–Kier alpha value is -3.88. The molecule has 2 N–H and O–H groups in total. The fourth-order valence-corrected chi connectivity index (χ4v) is 2.42. The summed E-state index contributed by atoms with van der Waals surface area (Å²) in [5.74, 6) is -1.08. The molecule has 0 bridgehead atoms. The van der Waals surface area contributed by atoms with Gasteiger partial charge in [-0.15, -0.1) is 0 Å². The Morgan fingerprint density at radius 3 is 1.56 bits per heavy atom. The molecule has 25 heavy (non-hydrogen) atoms. The molecule has 9 nitrogen and oxygen atoms in total. The minimum Gasteiger partial charge on any atom is -0.457 e. The number of ether oxygens (including phenoxy) is 1. The summed E-state index contributed by atoms with van der Waals surface area (Å²) in [6.07, 6.45) is 0. The van der Waals surface area contributed by atoms with E-state index in [-0.39, 0.29) is 21.8 Å². The van der Waals surface area contributed by atoms with Gasteiger partial charge in [-0.25, -0.2) is 19.2 Å². The second kappa shape index (κ2) is 5.34. The lowest BCUT2D eigenvalue weighted by Crippen LogP contribution is -2.14. The maximum Gasteiger partial charge on any atom is 0.419 e. The number of benzene rings is 2. The van der Waals surface area contributed by atoms with Crippen LogP contribution in [-0.2, 0) is 0 Å². The highest BCUT2D eigenvalue weighted by atomic mass is 16.5. The Morgan fingerprint density at radius 1 is 0.680 bits per heavy atom. The fourth-order valence-electron chi connectivity index (χ4n) is 2.42. The largest absolute Gasteiger partial charge is 0.457 e. The highest BCUT2D eigenvalue weighted by Crippen LogP contribution is 2.25. The zero-order valence-electron chi connectivity index (χ0n) is 12.3. The van der Waals surface area contributed by atoms with Crippen LogP contribution in [0, 0.1) is 0 Å². The molecule has 0 spiro atoms. The van der Waals surface area contributed by atoms with Gasteiger partial charge in [0, 0.05) is 12.1 Å². The van der Waals surface area contributed by atoms with Crippen molar-refractivity contribution in [3.05, 3.63) is 78.3 Å². The summed E-state index contributed by atoms with van der Waals surface area (Å²) >= 11 is 0. The van der Waals surface area contributed by atoms with E-state index in [9.17, 15) is 19.2 Å². The Kier molecular flexibility index (Phi) is 3.14. The summed E-state index contributed by atoms with van der Waals surface area (Å²) in [4.78, 5) is 50.5. The molecule has 0 radical (unpaired) electrons. The standard InChI is InChI=1S/C16H8N2O7/c19-13-9-3-1-7(5-11(9)17-15(21)24-13)23-8-2-4-10-12(6-8)18-16(22)25-14(10)20/h1-6H,(H,17,21)(H,18,22). The Balaban J connectivity index is 1.79. The lowest BCUT2D eigenvalue weighted by molar-refractivity contribution is 0.458. The first kappa shape index (κ1) is 14.7. The highest BCUT2D eigenvalue weighted by Gasteiger charge is 2.07. The first-order valence-corrected chi connectivity index (χ1v) is 7.02. The topological polar surface area (TPSA) is 135 Å². The van der Waals surface area contributed by atoms with Gasteiger partial charge >= 0.3 is 22.8 Å². The Morgan fingerprint density at radius 2 is 1.12 bits per heavy atom. The molecule has 0 saturated carbocycles. The average Bonchev–Trinajstić information content (AvgIpc) is 2.53. The van der Waals surface area contributed by atoms with Gasteiger partial charge in [0.05, 0.1) is 21.8 Å². The molecule has 0 aliphatic heterocycles. The molecule has 0 fully saturated rings. The Bertz CT molecular complexity index is 1250. The van der Waals surface area contributed by atoms with Crippen molar-refractivity contribution in [2.24, 2.45) is 0 Å². The molecule has 0 amide bonds. The summed E-state index contributed by atoms with van der Waals surface area (Å²) in [6.45, 7) is 0. The summed E-state index contributed by atoms with van der Waals surface area (Å²) in [5, 5.41) is 0.403. The van der Waals surface area contributed by atoms with Crippen LogP contribution in [0.5, 0.6) is 11.5 Å². The van der Waals surface area contributed by atoms with Crippen molar-refractivity contribution in [2.75, 3.05) is 0 Å². The van der Waals surface area contributed by atoms with Crippen LogP contribution in [0.15, 0.2) is 64.4 Å². The number of rotatable bonds is 2. The van der Waals surface area contributed by atoms with Crippen molar-refractivity contribution >= 4 is 21.8 Å². The molecule has 0 saturated heterocycles. The van der Waals surface area contributed by atoms with Gasteiger partial charge in [-0.1, -0.05) is 0 Å². The van der Waals surface area contributed by atoms with E-state index in [0.717, 1.165) is 0 Å². The number of H-pyrrole nitrogens is 2. The Labute approximate surface area is 136 Å². The molecule has 0 atom stereocenters. The van der Waals surface area contributed by atoms with Crippen LogP contribution >= 0.6 is 0 Å². The van der Waals surface area contributed by atoms with Gasteiger partial charge in [0.2, 0.25) is 0 Å². The number of fused-ring (bicyclic) bond motifs is 2. The number of hydrogen-bond acceptors (Lipinski definition) is 7. The van der Waals surface area contributed by atoms with Crippen molar-refractivity contribution < 1.29 is 13.6 Å².